The SMILES string of the molecule is CN1C(=O)CCC(Nc2cccc(Br)c2C(N)=S)C1=O. The summed E-state index contributed by atoms with van der Waals surface area (Å²) in [6.07, 6.45) is 0.807. The van der Waals surface area contributed by atoms with Gasteiger partial charge in [-0.1, -0.05) is 18.3 Å². The summed E-state index contributed by atoms with van der Waals surface area (Å²) in [4.78, 5) is 24.9. The molecule has 20 heavy (non-hydrogen) atoms. The van der Waals surface area contributed by atoms with Crippen molar-refractivity contribution in [1.29, 1.82) is 0 Å². The van der Waals surface area contributed by atoms with Crippen LogP contribution >= 0.6 is 28.1 Å². The van der Waals surface area contributed by atoms with E-state index in [9.17, 15) is 9.59 Å². The molecule has 2 rings (SSSR count). The van der Waals surface area contributed by atoms with Crippen LogP contribution in [0.2, 0.25) is 0 Å². The molecule has 0 aliphatic carbocycles. The molecule has 5 nitrogen and oxygen atoms in total. The van der Waals surface area contributed by atoms with Crippen molar-refractivity contribution >= 4 is 50.6 Å². The number of halogens is 1. The van der Waals surface area contributed by atoms with Crippen molar-refractivity contribution in [2.75, 3.05) is 12.4 Å². The number of carbonyl (C=O) groups excluding carboxylic acids is 2. The molecule has 106 valence electrons. The Bertz CT molecular complexity index is 591. The zero-order valence-corrected chi connectivity index (χ0v) is 13.3. The lowest BCUT2D eigenvalue weighted by Gasteiger charge is -2.29. The molecular formula is C13H14BrN3O2S. The van der Waals surface area contributed by atoms with Gasteiger partial charge in [0.25, 0.3) is 5.91 Å². The van der Waals surface area contributed by atoms with Crippen molar-refractivity contribution < 1.29 is 9.59 Å². The number of thiocarbonyl (C=S) groups is 1. The molecule has 0 saturated carbocycles. The Labute approximate surface area is 130 Å². The number of anilines is 1. The molecule has 1 atom stereocenters. The number of likely N-dealkylation sites (N-methyl/N-ethyl adjacent to an activating group) is 1. The predicted molar refractivity (Wildman–Crippen MR) is 84.5 cm³/mol. The fraction of sp³-hybridized carbons (Fsp3) is 0.308. The quantitative estimate of drug-likeness (QED) is 0.636. The molecule has 2 amide bonds. The number of hydrogen-bond acceptors (Lipinski definition) is 4. The number of piperidine rings is 1. The highest BCUT2D eigenvalue weighted by Gasteiger charge is 2.32. The topological polar surface area (TPSA) is 75.4 Å². The molecular weight excluding hydrogens is 342 g/mol. The van der Waals surface area contributed by atoms with Crippen LogP contribution in [0.5, 0.6) is 0 Å². The van der Waals surface area contributed by atoms with Gasteiger partial charge in [0, 0.05) is 29.2 Å². The second kappa shape index (κ2) is 5.88. The number of carbonyl (C=O) groups is 2. The molecule has 1 saturated heterocycles. The fourth-order valence-electron chi connectivity index (χ4n) is 2.13. The average molecular weight is 356 g/mol. The zero-order chi connectivity index (χ0) is 14.9. The van der Waals surface area contributed by atoms with Crippen LogP contribution in [0, 0.1) is 0 Å². The van der Waals surface area contributed by atoms with Crippen molar-refractivity contribution in [2.24, 2.45) is 5.73 Å². The van der Waals surface area contributed by atoms with E-state index in [0.29, 0.717) is 24.1 Å². The second-order valence-corrected chi connectivity index (χ2v) is 5.85. The van der Waals surface area contributed by atoms with Gasteiger partial charge in [0.1, 0.15) is 11.0 Å². The van der Waals surface area contributed by atoms with Gasteiger partial charge in [-0.25, -0.2) is 0 Å². The summed E-state index contributed by atoms with van der Waals surface area (Å²) < 4.78 is 0.766. The number of amides is 2. The summed E-state index contributed by atoms with van der Waals surface area (Å²) in [6.45, 7) is 0. The molecule has 0 spiro atoms. The molecule has 0 radical (unpaired) electrons. The van der Waals surface area contributed by atoms with Gasteiger partial charge in [-0.3, -0.25) is 14.5 Å². The number of nitrogens with one attached hydrogen (secondary N) is 1. The van der Waals surface area contributed by atoms with E-state index in [-0.39, 0.29) is 16.8 Å². The van der Waals surface area contributed by atoms with Crippen LogP contribution < -0.4 is 11.1 Å². The monoisotopic (exact) mass is 355 g/mol. The molecule has 0 bridgehead atoms. The molecule has 1 unspecified atom stereocenters. The van der Waals surface area contributed by atoms with Crippen molar-refractivity contribution in [3.05, 3.63) is 28.2 Å². The first-order valence-corrected chi connectivity index (χ1v) is 7.27. The van der Waals surface area contributed by atoms with E-state index >= 15 is 0 Å². The van der Waals surface area contributed by atoms with Gasteiger partial charge >= 0.3 is 0 Å². The average Bonchev–Trinajstić information content (AvgIpc) is 2.39. The number of nitrogens with zero attached hydrogens (tertiary/aromatic N) is 1. The summed E-state index contributed by atoms with van der Waals surface area (Å²) in [7, 11) is 1.49. The van der Waals surface area contributed by atoms with E-state index in [1.807, 2.05) is 18.2 Å². The maximum Gasteiger partial charge on any atom is 0.251 e. The Morgan fingerprint density at radius 1 is 1.50 bits per heavy atom. The molecule has 7 heteroatoms. The zero-order valence-electron chi connectivity index (χ0n) is 10.9. The van der Waals surface area contributed by atoms with E-state index < -0.39 is 6.04 Å². The van der Waals surface area contributed by atoms with E-state index in [1.165, 1.54) is 7.05 Å². The van der Waals surface area contributed by atoms with Gasteiger partial charge in [0.05, 0.1) is 0 Å². The number of nitrogens with two attached hydrogens (primary N) is 1. The highest BCUT2D eigenvalue weighted by atomic mass is 79.9. The van der Waals surface area contributed by atoms with Crippen LogP contribution in [-0.4, -0.2) is 34.8 Å². The van der Waals surface area contributed by atoms with Gasteiger partial charge in [0.2, 0.25) is 5.91 Å². The van der Waals surface area contributed by atoms with Gasteiger partial charge in [-0.2, -0.15) is 0 Å². The molecule has 0 aromatic heterocycles. The van der Waals surface area contributed by atoms with Crippen molar-refractivity contribution in [3.8, 4) is 0 Å². The van der Waals surface area contributed by atoms with E-state index in [4.69, 9.17) is 18.0 Å². The van der Waals surface area contributed by atoms with Gasteiger partial charge in [0.15, 0.2) is 0 Å². The summed E-state index contributed by atoms with van der Waals surface area (Å²) in [5.74, 6) is -0.396. The fourth-order valence-corrected chi connectivity index (χ4v) is 3.06. The van der Waals surface area contributed by atoms with Crippen LogP contribution in [0.15, 0.2) is 22.7 Å². The molecule has 1 aliphatic heterocycles. The van der Waals surface area contributed by atoms with Crippen LogP contribution in [0.25, 0.3) is 0 Å². The Kier molecular flexibility index (Phi) is 4.39. The predicted octanol–water partition coefficient (Wildman–Crippen LogP) is 1.64. The first-order chi connectivity index (χ1) is 9.41. The summed E-state index contributed by atoms with van der Waals surface area (Å²) >= 11 is 8.43. The Morgan fingerprint density at radius 3 is 2.85 bits per heavy atom. The first-order valence-electron chi connectivity index (χ1n) is 6.07. The number of imide groups is 1. The molecule has 1 aromatic rings. The molecule has 1 heterocycles. The van der Waals surface area contributed by atoms with Crippen molar-refractivity contribution in [2.45, 2.75) is 18.9 Å². The van der Waals surface area contributed by atoms with Gasteiger partial charge in [-0.15, -0.1) is 0 Å². The Hall–Kier alpha value is -1.47. The van der Waals surface area contributed by atoms with Crippen LogP contribution in [0.1, 0.15) is 18.4 Å². The minimum absolute atomic E-state index is 0.156. The van der Waals surface area contributed by atoms with E-state index in [0.717, 1.165) is 9.37 Å². The minimum Gasteiger partial charge on any atom is -0.389 e. The lowest BCUT2D eigenvalue weighted by molar-refractivity contribution is -0.146. The van der Waals surface area contributed by atoms with Crippen LogP contribution in [-0.2, 0) is 9.59 Å². The summed E-state index contributed by atoms with van der Waals surface area (Å²) in [5.41, 5.74) is 7.07. The molecule has 1 aliphatic rings. The summed E-state index contributed by atoms with van der Waals surface area (Å²) in [6, 6.07) is 5.03. The van der Waals surface area contributed by atoms with Crippen LogP contribution in [0.3, 0.4) is 0 Å². The van der Waals surface area contributed by atoms with Crippen molar-refractivity contribution in [3.63, 3.8) is 0 Å². The highest BCUT2D eigenvalue weighted by molar-refractivity contribution is 9.10. The Morgan fingerprint density at radius 2 is 2.20 bits per heavy atom. The lowest BCUT2D eigenvalue weighted by atomic mass is 10.0. The standard InChI is InChI=1S/C13H14BrN3O2S/c1-17-10(18)6-5-9(13(17)19)16-8-4-2-3-7(14)11(8)12(15)20/h2-4,9,16H,5-6H2,1H3,(H2,15,20). The third-order valence-corrected chi connectivity index (χ3v) is 4.10. The Balaban J connectivity index is 2.27. The molecule has 3 N–H and O–H groups in total. The lowest BCUT2D eigenvalue weighted by Crippen LogP contribution is -2.48. The number of rotatable bonds is 3. The largest absolute Gasteiger partial charge is 0.389 e. The third kappa shape index (κ3) is 2.83. The van der Waals surface area contributed by atoms with Crippen molar-refractivity contribution in [1.82, 2.24) is 4.90 Å². The highest BCUT2D eigenvalue weighted by Crippen LogP contribution is 2.27. The van der Waals surface area contributed by atoms with Gasteiger partial charge < -0.3 is 11.1 Å². The summed E-state index contributed by atoms with van der Waals surface area (Å²) in [5, 5.41) is 3.13. The van der Waals surface area contributed by atoms with E-state index in [1.54, 1.807) is 0 Å². The van der Waals surface area contributed by atoms with Gasteiger partial charge in [-0.05, 0) is 34.5 Å². The van der Waals surface area contributed by atoms with E-state index in [2.05, 4.69) is 21.2 Å². The molecule has 1 aromatic carbocycles. The maximum absolute atomic E-state index is 12.1. The minimum atomic E-state index is -0.444. The smallest absolute Gasteiger partial charge is 0.251 e. The normalized spacial score (nSPS) is 19.1. The number of benzene rings is 1. The van der Waals surface area contributed by atoms with Crippen LogP contribution in [0.4, 0.5) is 5.69 Å². The maximum atomic E-state index is 12.1. The number of likely N-dealkylation sites (tertiary alicyclic amines) is 1. The molecule has 1 fully saturated rings. The first kappa shape index (κ1) is 14.9. The number of hydrogen-bond donors (Lipinski definition) is 2. The second-order valence-electron chi connectivity index (χ2n) is 4.55. The third-order valence-electron chi connectivity index (χ3n) is 3.24.